The van der Waals surface area contributed by atoms with Crippen molar-refractivity contribution in [3.8, 4) is 0 Å². The highest BCUT2D eigenvalue weighted by molar-refractivity contribution is 7.91. The van der Waals surface area contributed by atoms with Crippen LogP contribution in [-0.2, 0) is 16.3 Å². The first-order chi connectivity index (χ1) is 10.9. The zero-order chi connectivity index (χ0) is 16.4. The SMILES string of the molecule is Cc1cccn2cc(CCN[C@H]3CCCC[C@H]3S(C)(=O)=O)nc12. The van der Waals surface area contributed by atoms with Gasteiger partial charge in [-0.15, -0.1) is 0 Å². The van der Waals surface area contributed by atoms with Gasteiger partial charge in [0.05, 0.1) is 10.9 Å². The molecule has 1 aliphatic rings. The minimum Gasteiger partial charge on any atom is -0.312 e. The number of hydrogen-bond donors (Lipinski definition) is 1. The standard InChI is InChI=1S/C17H25N3O2S/c1-13-6-5-11-20-12-14(19-17(13)20)9-10-18-15-7-3-4-8-16(15)23(2,21)22/h5-6,11-12,15-16,18H,3-4,7-10H2,1-2H3/t15-,16+/m0/s1. The van der Waals surface area contributed by atoms with Gasteiger partial charge in [-0.3, -0.25) is 0 Å². The van der Waals surface area contributed by atoms with Gasteiger partial charge in [0.1, 0.15) is 5.65 Å². The number of nitrogens with zero attached hydrogens (tertiary/aromatic N) is 2. The first-order valence-corrected chi connectivity index (χ1v) is 10.3. The minimum atomic E-state index is -2.98. The van der Waals surface area contributed by atoms with Crippen molar-refractivity contribution in [1.82, 2.24) is 14.7 Å². The van der Waals surface area contributed by atoms with Crippen molar-refractivity contribution in [2.45, 2.75) is 50.3 Å². The number of hydrogen-bond acceptors (Lipinski definition) is 4. The molecule has 3 rings (SSSR count). The van der Waals surface area contributed by atoms with Crippen LogP contribution in [0.2, 0.25) is 0 Å². The lowest BCUT2D eigenvalue weighted by molar-refractivity contribution is 0.373. The van der Waals surface area contributed by atoms with E-state index >= 15 is 0 Å². The van der Waals surface area contributed by atoms with E-state index in [1.807, 2.05) is 16.7 Å². The predicted molar refractivity (Wildman–Crippen MR) is 92.5 cm³/mol. The third-order valence-corrected chi connectivity index (χ3v) is 6.43. The normalized spacial score (nSPS) is 22.5. The lowest BCUT2D eigenvalue weighted by Gasteiger charge is -2.30. The molecular formula is C17H25N3O2S. The average molecular weight is 335 g/mol. The summed E-state index contributed by atoms with van der Waals surface area (Å²) in [6.45, 7) is 2.82. The molecule has 23 heavy (non-hydrogen) atoms. The van der Waals surface area contributed by atoms with Crippen molar-refractivity contribution in [2.24, 2.45) is 0 Å². The summed E-state index contributed by atoms with van der Waals surface area (Å²) < 4.78 is 25.9. The molecule has 2 aromatic heterocycles. The van der Waals surface area contributed by atoms with Crippen molar-refractivity contribution in [3.05, 3.63) is 35.8 Å². The van der Waals surface area contributed by atoms with Crippen LogP contribution < -0.4 is 5.32 Å². The molecule has 1 saturated carbocycles. The smallest absolute Gasteiger partial charge is 0.151 e. The molecule has 6 heteroatoms. The van der Waals surface area contributed by atoms with E-state index in [1.54, 1.807) is 0 Å². The van der Waals surface area contributed by atoms with Gasteiger partial charge in [-0.05, 0) is 31.4 Å². The summed E-state index contributed by atoms with van der Waals surface area (Å²) in [5.41, 5.74) is 3.20. The Morgan fingerprint density at radius 3 is 2.87 bits per heavy atom. The van der Waals surface area contributed by atoms with Gasteiger partial charge in [-0.1, -0.05) is 18.9 Å². The molecule has 1 aliphatic carbocycles. The third kappa shape index (κ3) is 3.75. The van der Waals surface area contributed by atoms with Crippen molar-refractivity contribution >= 4 is 15.5 Å². The number of sulfone groups is 1. The number of aromatic nitrogens is 2. The maximum Gasteiger partial charge on any atom is 0.151 e. The third-order valence-electron chi connectivity index (χ3n) is 4.77. The summed E-state index contributed by atoms with van der Waals surface area (Å²) in [5, 5.41) is 3.22. The van der Waals surface area contributed by atoms with Crippen molar-refractivity contribution in [2.75, 3.05) is 12.8 Å². The molecule has 0 unspecified atom stereocenters. The summed E-state index contributed by atoms with van der Waals surface area (Å²) in [6.07, 6.45) is 10.1. The van der Waals surface area contributed by atoms with Gasteiger partial charge in [-0.2, -0.15) is 0 Å². The second-order valence-electron chi connectivity index (χ2n) is 6.62. The molecule has 0 aliphatic heterocycles. The molecule has 1 fully saturated rings. The highest BCUT2D eigenvalue weighted by Crippen LogP contribution is 2.24. The van der Waals surface area contributed by atoms with Crippen LogP contribution in [-0.4, -0.2) is 41.9 Å². The average Bonchev–Trinajstić information content (AvgIpc) is 2.91. The van der Waals surface area contributed by atoms with Crippen LogP contribution >= 0.6 is 0 Å². The van der Waals surface area contributed by atoms with Crippen molar-refractivity contribution in [1.29, 1.82) is 0 Å². The maximum atomic E-state index is 11.9. The topological polar surface area (TPSA) is 63.5 Å². The Balaban J connectivity index is 1.62. The van der Waals surface area contributed by atoms with E-state index in [1.165, 1.54) is 6.26 Å². The molecule has 2 atom stereocenters. The van der Waals surface area contributed by atoms with Gasteiger partial charge in [0.2, 0.25) is 0 Å². The first kappa shape index (κ1) is 16.5. The summed E-state index contributed by atoms with van der Waals surface area (Å²) in [7, 11) is -2.98. The quantitative estimate of drug-likeness (QED) is 0.909. The summed E-state index contributed by atoms with van der Waals surface area (Å²) in [6, 6.07) is 4.16. The van der Waals surface area contributed by atoms with Gasteiger partial charge in [0, 0.05) is 37.7 Å². The molecule has 126 valence electrons. The summed E-state index contributed by atoms with van der Waals surface area (Å²) in [5.74, 6) is 0. The lowest BCUT2D eigenvalue weighted by Crippen LogP contribution is -2.46. The molecule has 1 N–H and O–H groups in total. The maximum absolute atomic E-state index is 11.9. The minimum absolute atomic E-state index is 0.0810. The summed E-state index contributed by atoms with van der Waals surface area (Å²) >= 11 is 0. The van der Waals surface area contributed by atoms with Crippen LogP contribution in [0, 0.1) is 6.92 Å². The van der Waals surface area contributed by atoms with Gasteiger partial charge >= 0.3 is 0 Å². The molecule has 5 nitrogen and oxygen atoms in total. The fraction of sp³-hybridized carbons (Fsp3) is 0.588. The Morgan fingerprint density at radius 1 is 1.35 bits per heavy atom. The zero-order valence-corrected chi connectivity index (χ0v) is 14.6. The van der Waals surface area contributed by atoms with Gasteiger partial charge in [0.15, 0.2) is 9.84 Å². The molecule has 0 aromatic carbocycles. The fourth-order valence-electron chi connectivity index (χ4n) is 3.55. The highest BCUT2D eigenvalue weighted by Gasteiger charge is 2.32. The second kappa shape index (κ2) is 6.61. The van der Waals surface area contributed by atoms with Crippen LogP contribution in [0.5, 0.6) is 0 Å². The van der Waals surface area contributed by atoms with E-state index in [2.05, 4.69) is 29.5 Å². The van der Waals surface area contributed by atoms with E-state index in [9.17, 15) is 8.42 Å². The number of aryl methyl sites for hydroxylation is 1. The van der Waals surface area contributed by atoms with Gasteiger partial charge < -0.3 is 9.72 Å². The number of pyridine rings is 1. The fourth-order valence-corrected chi connectivity index (χ4v) is 4.98. The predicted octanol–water partition coefficient (Wildman–Crippen LogP) is 2.13. The van der Waals surface area contributed by atoms with Crippen LogP contribution in [0.4, 0.5) is 0 Å². The monoisotopic (exact) mass is 335 g/mol. The first-order valence-electron chi connectivity index (χ1n) is 8.30. The summed E-state index contributed by atoms with van der Waals surface area (Å²) in [4.78, 5) is 4.67. The van der Waals surface area contributed by atoms with Crippen LogP contribution in [0.1, 0.15) is 36.9 Å². The Bertz CT molecular complexity index is 782. The molecule has 2 aromatic rings. The van der Waals surface area contributed by atoms with E-state index in [4.69, 9.17) is 0 Å². The number of rotatable bonds is 5. The molecule has 0 saturated heterocycles. The Kier molecular flexibility index (Phi) is 4.73. The van der Waals surface area contributed by atoms with E-state index < -0.39 is 9.84 Å². The number of nitrogens with one attached hydrogen (secondary N) is 1. The van der Waals surface area contributed by atoms with Gasteiger partial charge in [-0.25, -0.2) is 13.4 Å². The van der Waals surface area contributed by atoms with Crippen LogP contribution in [0.3, 0.4) is 0 Å². The van der Waals surface area contributed by atoms with Crippen molar-refractivity contribution < 1.29 is 8.42 Å². The Labute approximate surface area is 138 Å². The number of imidazole rings is 1. The van der Waals surface area contributed by atoms with E-state index in [0.29, 0.717) is 0 Å². The zero-order valence-electron chi connectivity index (χ0n) is 13.8. The van der Waals surface area contributed by atoms with E-state index in [-0.39, 0.29) is 11.3 Å². The molecular weight excluding hydrogens is 310 g/mol. The number of fused-ring (bicyclic) bond motifs is 1. The van der Waals surface area contributed by atoms with Crippen LogP contribution in [0.25, 0.3) is 5.65 Å². The molecule has 2 heterocycles. The van der Waals surface area contributed by atoms with Gasteiger partial charge in [0.25, 0.3) is 0 Å². The molecule has 0 spiro atoms. The Morgan fingerprint density at radius 2 is 2.13 bits per heavy atom. The largest absolute Gasteiger partial charge is 0.312 e. The molecule has 0 amide bonds. The van der Waals surface area contributed by atoms with Crippen molar-refractivity contribution in [3.63, 3.8) is 0 Å². The van der Waals surface area contributed by atoms with Crippen LogP contribution in [0.15, 0.2) is 24.5 Å². The molecule has 0 bridgehead atoms. The molecule has 0 radical (unpaired) electrons. The highest BCUT2D eigenvalue weighted by atomic mass is 32.2. The van der Waals surface area contributed by atoms with E-state index in [0.717, 1.165) is 55.6 Å². The second-order valence-corrected chi connectivity index (χ2v) is 8.88. The Hall–Kier alpha value is -1.40. The lowest BCUT2D eigenvalue weighted by atomic mass is 9.95.